The Kier molecular flexibility index (Phi) is 7.23. The Hall–Kier alpha value is -5.38. The molecule has 45 heavy (non-hydrogen) atoms. The molecule has 1 aromatic heterocycles. The van der Waals surface area contributed by atoms with Gasteiger partial charge in [0.15, 0.2) is 6.29 Å². The summed E-state index contributed by atoms with van der Waals surface area (Å²) in [6, 6.07) is 26.4. The van der Waals surface area contributed by atoms with E-state index in [0.29, 0.717) is 34.3 Å². The molecule has 5 aromatic carbocycles. The summed E-state index contributed by atoms with van der Waals surface area (Å²) in [6.07, 6.45) is -9.58. The van der Waals surface area contributed by atoms with Gasteiger partial charge in [-0.15, -0.1) is 0 Å². The van der Waals surface area contributed by atoms with E-state index >= 15 is 0 Å². The van der Waals surface area contributed by atoms with Crippen LogP contribution in [0.4, 0.5) is 32.0 Å². The van der Waals surface area contributed by atoms with Crippen molar-refractivity contribution in [2.24, 2.45) is 0 Å². The van der Waals surface area contributed by atoms with E-state index in [9.17, 15) is 35.9 Å². The molecule has 0 saturated carbocycles. The number of aromatic nitrogens is 1. The fourth-order valence-electron chi connectivity index (χ4n) is 5.69. The molecule has 0 saturated heterocycles. The molecule has 0 aliphatic carbocycles. The summed E-state index contributed by atoms with van der Waals surface area (Å²) < 4.78 is 85.3. The second-order valence-corrected chi connectivity index (χ2v) is 10.4. The van der Waals surface area contributed by atoms with Gasteiger partial charge >= 0.3 is 12.4 Å². The van der Waals surface area contributed by atoms with Gasteiger partial charge in [-0.25, -0.2) is 0 Å². The number of hydrogen-bond donors (Lipinski definition) is 0. The van der Waals surface area contributed by atoms with Crippen molar-refractivity contribution in [1.82, 2.24) is 4.57 Å². The Morgan fingerprint density at radius 2 is 1.38 bits per heavy atom. The molecule has 1 heterocycles. The van der Waals surface area contributed by atoms with E-state index in [4.69, 9.17) is 0 Å². The number of anilines is 1. The highest BCUT2D eigenvalue weighted by Crippen LogP contribution is 2.45. The first kappa shape index (κ1) is 29.7. The second kappa shape index (κ2) is 11.0. The highest BCUT2D eigenvalue weighted by Gasteiger charge is 2.39. The SMILES string of the molecule is CN(C(=O)c1c(C=O)cccc1-n1c2ccccc2c2cccc(-c3ccc(C(F)(F)F)cc3C(F)(F)F)c21)c1ccccc1. The topological polar surface area (TPSA) is 42.3 Å². The van der Waals surface area contributed by atoms with Crippen molar-refractivity contribution in [2.45, 2.75) is 12.4 Å². The predicted molar refractivity (Wildman–Crippen MR) is 161 cm³/mol. The Bertz CT molecular complexity index is 2100. The first-order chi connectivity index (χ1) is 21.4. The largest absolute Gasteiger partial charge is 0.417 e. The lowest BCUT2D eigenvalue weighted by molar-refractivity contribution is -0.142. The van der Waals surface area contributed by atoms with Gasteiger partial charge in [0.2, 0.25) is 0 Å². The van der Waals surface area contributed by atoms with E-state index in [-0.39, 0.29) is 34.0 Å². The minimum absolute atomic E-state index is 0.000210. The number of hydrogen-bond acceptors (Lipinski definition) is 2. The third kappa shape index (κ3) is 5.12. The predicted octanol–water partition coefficient (Wildman–Crippen LogP) is 9.58. The molecule has 1 amide bonds. The third-order valence-electron chi connectivity index (χ3n) is 7.74. The number of carbonyl (C=O) groups excluding carboxylic acids is 2. The molecule has 0 bridgehead atoms. The van der Waals surface area contributed by atoms with Crippen LogP contribution >= 0.6 is 0 Å². The molecule has 0 aliphatic rings. The zero-order valence-electron chi connectivity index (χ0n) is 23.4. The van der Waals surface area contributed by atoms with Gasteiger partial charge in [-0.1, -0.05) is 72.8 Å². The van der Waals surface area contributed by atoms with Gasteiger partial charge in [-0.05, 0) is 42.0 Å². The maximum absolute atomic E-state index is 14.4. The lowest BCUT2D eigenvalue weighted by Gasteiger charge is -2.22. The van der Waals surface area contributed by atoms with Crippen LogP contribution in [0.2, 0.25) is 0 Å². The van der Waals surface area contributed by atoms with Crippen molar-refractivity contribution in [1.29, 1.82) is 0 Å². The molecule has 0 aliphatic heterocycles. The van der Waals surface area contributed by atoms with E-state index in [1.54, 1.807) is 77.4 Å². The molecule has 6 aromatic rings. The zero-order chi connectivity index (χ0) is 32.1. The minimum atomic E-state index is -5.12. The van der Waals surface area contributed by atoms with E-state index in [2.05, 4.69) is 0 Å². The smallest absolute Gasteiger partial charge is 0.311 e. The van der Waals surface area contributed by atoms with Gasteiger partial charge in [0.05, 0.1) is 33.4 Å². The van der Waals surface area contributed by atoms with Crippen molar-refractivity contribution >= 4 is 39.7 Å². The number of nitrogens with zero attached hydrogens (tertiary/aromatic N) is 2. The van der Waals surface area contributed by atoms with Crippen LogP contribution in [0.1, 0.15) is 31.8 Å². The lowest BCUT2D eigenvalue weighted by Crippen LogP contribution is -2.28. The Balaban J connectivity index is 1.72. The van der Waals surface area contributed by atoms with Gasteiger partial charge in [-0.2, -0.15) is 26.3 Å². The molecule has 0 spiro atoms. The van der Waals surface area contributed by atoms with Crippen molar-refractivity contribution in [3.05, 3.63) is 131 Å². The maximum Gasteiger partial charge on any atom is 0.417 e. The summed E-state index contributed by atoms with van der Waals surface area (Å²) in [5.41, 5.74) is -1.81. The van der Waals surface area contributed by atoms with Crippen LogP contribution in [-0.2, 0) is 12.4 Å². The van der Waals surface area contributed by atoms with Crippen molar-refractivity contribution in [3.8, 4) is 16.8 Å². The second-order valence-electron chi connectivity index (χ2n) is 10.4. The molecule has 0 radical (unpaired) electrons. The molecule has 0 atom stereocenters. The minimum Gasteiger partial charge on any atom is -0.311 e. The number of rotatable bonds is 5. The van der Waals surface area contributed by atoms with Crippen molar-refractivity contribution in [2.75, 3.05) is 11.9 Å². The first-order valence-corrected chi connectivity index (χ1v) is 13.6. The summed E-state index contributed by atoms with van der Waals surface area (Å²) in [5.74, 6) is -0.548. The highest BCUT2D eigenvalue weighted by molar-refractivity contribution is 6.17. The molecule has 0 N–H and O–H groups in total. The Morgan fingerprint density at radius 1 is 0.711 bits per heavy atom. The fraction of sp³-hybridized carbons (Fsp3) is 0.0857. The monoisotopic (exact) mass is 616 g/mol. The molecule has 226 valence electrons. The number of aldehydes is 1. The van der Waals surface area contributed by atoms with Crippen molar-refractivity contribution < 1.29 is 35.9 Å². The van der Waals surface area contributed by atoms with E-state index < -0.39 is 35.0 Å². The van der Waals surface area contributed by atoms with Crippen LogP contribution in [0.25, 0.3) is 38.6 Å². The number of amides is 1. The van der Waals surface area contributed by atoms with Crippen LogP contribution in [0.5, 0.6) is 0 Å². The van der Waals surface area contributed by atoms with E-state index in [1.165, 1.54) is 30.1 Å². The van der Waals surface area contributed by atoms with Gasteiger partial charge in [0.1, 0.15) is 0 Å². The zero-order valence-corrected chi connectivity index (χ0v) is 23.4. The van der Waals surface area contributed by atoms with Crippen LogP contribution in [0.3, 0.4) is 0 Å². The van der Waals surface area contributed by atoms with E-state index in [0.717, 1.165) is 6.07 Å². The first-order valence-electron chi connectivity index (χ1n) is 13.6. The number of halogens is 6. The maximum atomic E-state index is 14.4. The van der Waals surface area contributed by atoms with Crippen LogP contribution in [-0.4, -0.2) is 23.8 Å². The normalized spacial score (nSPS) is 12.1. The summed E-state index contributed by atoms with van der Waals surface area (Å²) in [7, 11) is 1.54. The van der Waals surface area contributed by atoms with Gasteiger partial charge < -0.3 is 9.47 Å². The molecular weight excluding hydrogens is 594 g/mol. The number of benzene rings is 5. The van der Waals surface area contributed by atoms with E-state index in [1.807, 2.05) is 0 Å². The standard InChI is InChI=1S/C35H22F6N2O2/c1-42(23-10-3-2-4-11-23)33(45)31-21(20-44)9-7-16-30(31)43-29-15-6-5-12-25(29)27-14-8-13-26(32(27)43)24-18-17-22(34(36,37)38)19-28(24)35(39,40)41/h2-20H,1H3. The molecular formula is C35H22F6N2O2. The molecule has 0 fully saturated rings. The molecule has 6 rings (SSSR count). The number of fused-ring (bicyclic) bond motifs is 3. The average Bonchev–Trinajstić information content (AvgIpc) is 3.37. The number of para-hydroxylation sites is 3. The van der Waals surface area contributed by atoms with Gasteiger partial charge in [0, 0.05) is 34.6 Å². The number of alkyl halides is 6. The quantitative estimate of drug-likeness (QED) is 0.143. The summed E-state index contributed by atoms with van der Waals surface area (Å²) in [5, 5.41) is 1.13. The third-order valence-corrected chi connectivity index (χ3v) is 7.74. The Morgan fingerprint density at radius 3 is 2.07 bits per heavy atom. The van der Waals surface area contributed by atoms with Crippen LogP contribution < -0.4 is 4.90 Å². The summed E-state index contributed by atoms with van der Waals surface area (Å²) in [6.45, 7) is 0. The van der Waals surface area contributed by atoms with Crippen molar-refractivity contribution in [3.63, 3.8) is 0 Å². The summed E-state index contributed by atoms with van der Waals surface area (Å²) in [4.78, 5) is 27.7. The highest BCUT2D eigenvalue weighted by atomic mass is 19.4. The number of carbonyl (C=O) groups is 2. The fourth-order valence-corrected chi connectivity index (χ4v) is 5.69. The average molecular weight is 617 g/mol. The Labute approximate surface area is 252 Å². The van der Waals surface area contributed by atoms with Gasteiger partial charge in [-0.3, -0.25) is 9.59 Å². The molecule has 10 heteroatoms. The van der Waals surface area contributed by atoms with Crippen LogP contribution in [0, 0.1) is 0 Å². The van der Waals surface area contributed by atoms with Crippen LogP contribution in [0.15, 0.2) is 109 Å². The molecule has 4 nitrogen and oxygen atoms in total. The summed E-state index contributed by atoms with van der Waals surface area (Å²) >= 11 is 0. The lowest BCUT2D eigenvalue weighted by atomic mass is 9.94. The van der Waals surface area contributed by atoms with Gasteiger partial charge in [0.25, 0.3) is 5.91 Å². The molecule has 0 unspecified atom stereocenters.